The van der Waals surface area contributed by atoms with Gasteiger partial charge < -0.3 is 15.0 Å². The fourth-order valence-electron chi connectivity index (χ4n) is 3.05. The van der Waals surface area contributed by atoms with E-state index in [0.29, 0.717) is 12.1 Å². The fourth-order valence-corrected chi connectivity index (χ4v) is 3.05. The molecule has 1 aliphatic rings. The topological polar surface area (TPSA) is 85.7 Å². The lowest BCUT2D eigenvalue weighted by Gasteiger charge is -2.40. The van der Waals surface area contributed by atoms with Gasteiger partial charge >= 0.3 is 6.09 Å². The normalized spacial score (nSPS) is 17.9. The van der Waals surface area contributed by atoms with Crippen LogP contribution in [0.2, 0.25) is 0 Å². The molecule has 7 heteroatoms. The number of rotatable bonds is 4. The number of hydrogen-bond donors (Lipinski definition) is 1. The number of carbonyl (C=O) groups excluding carboxylic acids is 2. The molecule has 1 fully saturated rings. The molecule has 2 rings (SSSR count). The molecule has 0 saturated carbocycles. The minimum atomic E-state index is -0.586. The minimum Gasteiger partial charge on any atom is -0.444 e. The van der Waals surface area contributed by atoms with E-state index >= 15 is 0 Å². The highest BCUT2D eigenvalue weighted by molar-refractivity contribution is 5.82. The van der Waals surface area contributed by atoms with E-state index in [1.54, 1.807) is 25.7 Å². The Kier molecular flexibility index (Phi) is 6.81. The number of carbonyl (C=O) groups is 2. The standard InChI is InChI=1S/C20H28N4O3/c1-15-13-23(14-17-7-5-16(11-21)6-8-17)9-10-24(15)18(25)12-22-19(26)27-20(2,3)4/h5-8,15H,9-10,12-14H2,1-4H3,(H,22,26)/t15-/m0/s1. The van der Waals surface area contributed by atoms with Crippen LogP contribution in [0, 0.1) is 11.3 Å². The third kappa shape index (κ3) is 6.57. The van der Waals surface area contributed by atoms with E-state index in [2.05, 4.69) is 16.3 Å². The van der Waals surface area contributed by atoms with Crippen LogP contribution in [0.4, 0.5) is 4.79 Å². The molecule has 0 aliphatic carbocycles. The molecule has 1 aliphatic heterocycles. The molecule has 0 radical (unpaired) electrons. The summed E-state index contributed by atoms with van der Waals surface area (Å²) in [5.74, 6) is -0.105. The van der Waals surface area contributed by atoms with Crippen molar-refractivity contribution < 1.29 is 14.3 Å². The van der Waals surface area contributed by atoms with Crippen molar-refractivity contribution in [3.63, 3.8) is 0 Å². The largest absolute Gasteiger partial charge is 0.444 e. The van der Waals surface area contributed by atoms with E-state index < -0.39 is 11.7 Å². The molecule has 2 amide bonds. The second-order valence-electron chi connectivity index (χ2n) is 7.84. The van der Waals surface area contributed by atoms with Gasteiger partial charge in [-0.05, 0) is 45.4 Å². The maximum Gasteiger partial charge on any atom is 0.408 e. The van der Waals surface area contributed by atoms with Gasteiger partial charge in [-0.3, -0.25) is 9.69 Å². The summed E-state index contributed by atoms with van der Waals surface area (Å²) < 4.78 is 5.15. The van der Waals surface area contributed by atoms with Crippen molar-refractivity contribution in [3.05, 3.63) is 35.4 Å². The average Bonchev–Trinajstić information content (AvgIpc) is 2.59. The highest BCUT2D eigenvalue weighted by Crippen LogP contribution is 2.14. The highest BCUT2D eigenvalue weighted by atomic mass is 16.6. The minimum absolute atomic E-state index is 0.0602. The first-order valence-electron chi connectivity index (χ1n) is 9.15. The van der Waals surface area contributed by atoms with E-state index in [0.717, 1.165) is 25.2 Å². The zero-order valence-electron chi connectivity index (χ0n) is 16.5. The van der Waals surface area contributed by atoms with Crippen LogP contribution in [-0.4, -0.2) is 59.6 Å². The van der Waals surface area contributed by atoms with Gasteiger partial charge in [-0.2, -0.15) is 5.26 Å². The third-order valence-electron chi connectivity index (χ3n) is 4.30. The molecule has 146 valence electrons. The average molecular weight is 372 g/mol. The van der Waals surface area contributed by atoms with Crippen LogP contribution < -0.4 is 5.32 Å². The summed E-state index contributed by atoms with van der Waals surface area (Å²) in [6.45, 7) is 10.2. The van der Waals surface area contributed by atoms with Crippen LogP contribution in [0.3, 0.4) is 0 Å². The number of benzene rings is 1. The van der Waals surface area contributed by atoms with E-state index in [9.17, 15) is 9.59 Å². The summed E-state index contributed by atoms with van der Waals surface area (Å²) in [6.07, 6.45) is -0.581. The Morgan fingerprint density at radius 3 is 2.48 bits per heavy atom. The van der Waals surface area contributed by atoms with Gasteiger partial charge in [-0.25, -0.2) is 4.79 Å². The first-order valence-corrected chi connectivity index (χ1v) is 9.15. The Balaban J connectivity index is 1.80. The summed E-state index contributed by atoms with van der Waals surface area (Å²) in [7, 11) is 0. The van der Waals surface area contributed by atoms with E-state index in [1.807, 2.05) is 31.2 Å². The van der Waals surface area contributed by atoms with Crippen molar-refractivity contribution in [2.45, 2.75) is 45.9 Å². The quantitative estimate of drug-likeness (QED) is 0.875. The maximum atomic E-state index is 12.4. The molecule has 0 aromatic heterocycles. The zero-order chi connectivity index (χ0) is 20.0. The van der Waals surface area contributed by atoms with Gasteiger partial charge in [0.2, 0.25) is 5.91 Å². The summed E-state index contributed by atoms with van der Waals surface area (Å²) in [4.78, 5) is 28.2. The molecular weight excluding hydrogens is 344 g/mol. The predicted octanol–water partition coefficient (Wildman–Crippen LogP) is 2.12. The second kappa shape index (κ2) is 8.87. The van der Waals surface area contributed by atoms with Crippen molar-refractivity contribution in [1.29, 1.82) is 5.26 Å². The van der Waals surface area contributed by atoms with E-state index in [-0.39, 0.29) is 18.5 Å². The van der Waals surface area contributed by atoms with Gasteiger partial charge in [-0.1, -0.05) is 12.1 Å². The van der Waals surface area contributed by atoms with Gasteiger partial charge in [0.1, 0.15) is 12.1 Å². The molecule has 1 aromatic carbocycles. The molecule has 1 atom stereocenters. The Labute approximate surface area is 160 Å². The highest BCUT2D eigenvalue weighted by Gasteiger charge is 2.27. The van der Waals surface area contributed by atoms with Crippen LogP contribution in [0.15, 0.2) is 24.3 Å². The maximum absolute atomic E-state index is 12.4. The summed E-state index contributed by atoms with van der Waals surface area (Å²) in [5, 5.41) is 11.4. The van der Waals surface area contributed by atoms with Crippen molar-refractivity contribution in [3.8, 4) is 6.07 Å². The van der Waals surface area contributed by atoms with Crippen molar-refractivity contribution in [1.82, 2.24) is 15.1 Å². The summed E-state index contributed by atoms with van der Waals surface area (Å²) in [6, 6.07) is 9.75. The van der Waals surface area contributed by atoms with Gasteiger partial charge in [0, 0.05) is 32.2 Å². The summed E-state index contributed by atoms with van der Waals surface area (Å²) in [5.41, 5.74) is 1.21. The number of nitriles is 1. The van der Waals surface area contributed by atoms with Crippen LogP contribution in [0.25, 0.3) is 0 Å². The first kappa shape index (κ1) is 20.7. The molecule has 1 heterocycles. The number of nitrogens with one attached hydrogen (secondary N) is 1. The Morgan fingerprint density at radius 1 is 1.26 bits per heavy atom. The number of ether oxygens (including phenoxy) is 1. The Bertz CT molecular complexity index is 703. The smallest absolute Gasteiger partial charge is 0.408 e. The fraction of sp³-hybridized carbons (Fsp3) is 0.550. The second-order valence-corrected chi connectivity index (χ2v) is 7.84. The molecule has 0 bridgehead atoms. The van der Waals surface area contributed by atoms with Crippen LogP contribution in [0.1, 0.15) is 38.8 Å². The number of amides is 2. The molecule has 1 saturated heterocycles. The number of nitrogens with zero attached hydrogens (tertiary/aromatic N) is 3. The molecule has 1 N–H and O–H groups in total. The Morgan fingerprint density at radius 2 is 1.93 bits per heavy atom. The van der Waals surface area contributed by atoms with Crippen molar-refractivity contribution >= 4 is 12.0 Å². The molecule has 0 unspecified atom stereocenters. The lowest BCUT2D eigenvalue weighted by Crippen LogP contribution is -2.55. The third-order valence-corrected chi connectivity index (χ3v) is 4.30. The van der Waals surface area contributed by atoms with Crippen molar-refractivity contribution in [2.75, 3.05) is 26.2 Å². The van der Waals surface area contributed by atoms with Crippen LogP contribution in [-0.2, 0) is 16.1 Å². The van der Waals surface area contributed by atoms with Gasteiger partial charge in [0.15, 0.2) is 0 Å². The van der Waals surface area contributed by atoms with Gasteiger partial charge in [0.25, 0.3) is 0 Å². The number of hydrogen-bond acceptors (Lipinski definition) is 5. The van der Waals surface area contributed by atoms with E-state index in [4.69, 9.17) is 10.00 Å². The van der Waals surface area contributed by atoms with Crippen LogP contribution in [0.5, 0.6) is 0 Å². The molecule has 27 heavy (non-hydrogen) atoms. The van der Waals surface area contributed by atoms with Gasteiger partial charge in [0.05, 0.1) is 11.6 Å². The molecular formula is C20H28N4O3. The summed E-state index contributed by atoms with van der Waals surface area (Å²) >= 11 is 0. The van der Waals surface area contributed by atoms with E-state index in [1.165, 1.54) is 0 Å². The number of alkyl carbamates (subject to hydrolysis) is 1. The molecule has 7 nitrogen and oxygen atoms in total. The SMILES string of the molecule is C[C@H]1CN(Cc2ccc(C#N)cc2)CCN1C(=O)CNC(=O)OC(C)(C)C. The zero-order valence-corrected chi connectivity index (χ0v) is 16.5. The number of piperazine rings is 1. The Hall–Kier alpha value is -2.59. The lowest BCUT2D eigenvalue weighted by atomic mass is 10.1. The lowest BCUT2D eigenvalue weighted by molar-refractivity contribution is -0.134. The van der Waals surface area contributed by atoms with Crippen molar-refractivity contribution in [2.24, 2.45) is 0 Å². The first-order chi connectivity index (χ1) is 12.7. The van der Waals surface area contributed by atoms with Gasteiger partial charge in [-0.15, -0.1) is 0 Å². The molecule has 1 aromatic rings. The monoisotopic (exact) mass is 372 g/mol. The predicted molar refractivity (Wildman–Crippen MR) is 102 cm³/mol. The van der Waals surface area contributed by atoms with Crippen LogP contribution >= 0.6 is 0 Å². The molecule has 0 spiro atoms.